The Morgan fingerprint density at radius 2 is 1.97 bits per heavy atom. The number of β-lactam (4-membered cyclic amide) rings is 1. The number of carboxylic acids is 1. The average Bonchev–Trinajstić information content (AvgIpc) is 3.16. The summed E-state index contributed by atoms with van der Waals surface area (Å²) >= 11 is 1.47. The summed E-state index contributed by atoms with van der Waals surface area (Å²) < 4.78 is 0. The number of likely N-dealkylation sites (tertiary alicyclic amines) is 1. The third kappa shape index (κ3) is 3.34. The van der Waals surface area contributed by atoms with Crippen LogP contribution >= 0.6 is 11.8 Å². The maximum atomic E-state index is 12.7. The van der Waals surface area contributed by atoms with E-state index in [1.54, 1.807) is 6.92 Å². The Kier molecular flexibility index (Phi) is 5.63. The van der Waals surface area contributed by atoms with Gasteiger partial charge in [0.2, 0.25) is 11.8 Å². The first-order chi connectivity index (χ1) is 14.1. The molecule has 3 saturated heterocycles. The van der Waals surface area contributed by atoms with Gasteiger partial charge in [0.15, 0.2) is 0 Å². The zero-order valence-corrected chi connectivity index (χ0v) is 18.6. The van der Waals surface area contributed by atoms with Crippen LogP contribution in [-0.4, -0.2) is 106 Å². The topological polar surface area (TPSA) is 113 Å². The summed E-state index contributed by atoms with van der Waals surface area (Å²) in [6.07, 6.45) is -0.174. The van der Waals surface area contributed by atoms with Crippen LogP contribution in [0.25, 0.3) is 0 Å². The first kappa shape index (κ1) is 21.6. The molecule has 10 heteroatoms. The number of carboxylic acid groups (broad SMARTS) is 1. The molecule has 4 aliphatic heterocycles. The van der Waals surface area contributed by atoms with Crippen molar-refractivity contribution in [2.24, 2.45) is 11.8 Å². The number of hydrogen-bond donors (Lipinski definition) is 3. The number of carbonyl (C=O) groups excluding carboxylic acids is 2. The lowest BCUT2D eigenvalue weighted by Crippen LogP contribution is -2.63. The van der Waals surface area contributed by atoms with E-state index in [0.29, 0.717) is 23.9 Å². The Balaban J connectivity index is 1.41. The zero-order chi connectivity index (χ0) is 21.9. The molecule has 0 saturated carbocycles. The number of fused-ring (bicyclic) bond motifs is 1. The van der Waals surface area contributed by atoms with Crippen molar-refractivity contribution in [3.8, 4) is 0 Å². The number of amides is 2. The van der Waals surface area contributed by atoms with Crippen molar-refractivity contribution in [1.29, 1.82) is 0 Å². The van der Waals surface area contributed by atoms with Crippen LogP contribution in [0.15, 0.2) is 10.6 Å². The predicted octanol–water partition coefficient (Wildman–Crippen LogP) is -0.624. The van der Waals surface area contributed by atoms with E-state index in [0.717, 1.165) is 13.1 Å². The SMILES string of the molecule is C[C@@H](O)[C@H]1C(=O)N2C(C(=O)O)=C(S[C@@H]3CN[C@H](C(=O)N4CC(N(C)C)C4)C3)[C@H](C)[C@H]12. The monoisotopic (exact) mass is 438 g/mol. The Morgan fingerprint density at radius 1 is 1.30 bits per heavy atom. The van der Waals surface area contributed by atoms with Crippen LogP contribution in [0, 0.1) is 11.8 Å². The highest BCUT2D eigenvalue weighted by molar-refractivity contribution is 8.03. The molecule has 6 atom stereocenters. The van der Waals surface area contributed by atoms with E-state index in [9.17, 15) is 24.6 Å². The summed E-state index contributed by atoms with van der Waals surface area (Å²) in [6.45, 7) is 5.60. The van der Waals surface area contributed by atoms with Crippen molar-refractivity contribution in [3.05, 3.63) is 10.6 Å². The molecule has 4 rings (SSSR count). The number of aliphatic hydroxyl groups is 1. The fourth-order valence-corrected chi connectivity index (χ4v) is 6.50. The molecule has 3 fully saturated rings. The first-order valence-corrected chi connectivity index (χ1v) is 11.3. The van der Waals surface area contributed by atoms with E-state index in [4.69, 9.17) is 0 Å². The fourth-order valence-electron chi connectivity index (χ4n) is 5.02. The Hall–Kier alpha value is -1.62. The second-order valence-corrected chi connectivity index (χ2v) is 10.4. The van der Waals surface area contributed by atoms with Gasteiger partial charge in [-0.1, -0.05) is 6.92 Å². The van der Waals surface area contributed by atoms with Gasteiger partial charge in [0, 0.05) is 41.7 Å². The molecule has 166 valence electrons. The molecule has 0 spiro atoms. The van der Waals surface area contributed by atoms with Gasteiger partial charge < -0.3 is 30.2 Å². The number of carbonyl (C=O) groups is 3. The van der Waals surface area contributed by atoms with E-state index in [2.05, 4.69) is 10.2 Å². The highest BCUT2D eigenvalue weighted by atomic mass is 32.2. The molecular weight excluding hydrogens is 408 g/mol. The molecule has 4 heterocycles. The van der Waals surface area contributed by atoms with E-state index in [-0.39, 0.29) is 40.8 Å². The molecule has 0 aromatic heterocycles. The summed E-state index contributed by atoms with van der Waals surface area (Å²) in [4.78, 5) is 43.1. The van der Waals surface area contributed by atoms with Crippen LogP contribution in [0.4, 0.5) is 0 Å². The molecule has 0 unspecified atom stereocenters. The fraction of sp³-hybridized carbons (Fsp3) is 0.750. The Labute approximate surface area is 180 Å². The van der Waals surface area contributed by atoms with Gasteiger partial charge in [-0.2, -0.15) is 0 Å². The number of rotatable bonds is 6. The van der Waals surface area contributed by atoms with Crippen molar-refractivity contribution < 1.29 is 24.6 Å². The number of likely N-dealkylation sites (N-methyl/N-ethyl adjacent to an activating group) is 1. The molecule has 0 aromatic rings. The minimum Gasteiger partial charge on any atom is -0.477 e. The van der Waals surface area contributed by atoms with Crippen LogP contribution in [0.5, 0.6) is 0 Å². The van der Waals surface area contributed by atoms with Crippen molar-refractivity contribution in [3.63, 3.8) is 0 Å². The first-order valence-electron chi connectivity index (χ1n) is 10.5. The van der Waals surface area contributed by atoms with E-state index >= 15 is 0 Å². The minimum atomic E-state index is -1.11. The van der Waals surface area contributed by atoms with Gasteiger partial charge >= 0.3 is 5.97 Å². The van der Waals surface area contributed by atoms with E-state index in [1.807, 2.05) is 25.9 Å². The van der Waals surface area contributed by atoms with Gasteiger partial charge in [0.1, 0.15) is 5.70 Å². The Bertz CT molecular complexity index is 794. The summed E-state index contributed by atoms with van der Waals surface area (Å²) in [5.41, 5.74) is 0.0470. The molecule has 0 aliphatic carbocycles. The van der Waals surface area contributed by atoms with Crippen molar-refractivity contribution in [2.45, 2.75) is 49.7 Å². The molecule has 9 nitrogen and oxygen atoms in total. The molecule has 0 aromatic carbocycles. The summed E-state index contributed by atoms with van der Waals surface area (Å²) in [6, 6.07) is -0.144. The smallest absolute Gasteiger partial charge is 0.353 e. The number of nitrogens with one attached hydrogen (secondary N) is 1. The van der Waals surface area contributed by atoms with Gasteiger partial charge in [-0.05, 0) is 27.4 Å². The highest BCUT2D eigenvalue weighted by Gasteiger charge is 2.60. The quantitative estimate of drug-likeness (QED) is 0.470. The van der Waals surface area contributed by atoms with Crippen molar-refractivity contribution in [2.75, 3.05) is 33.7 Å². The third-order valence-electron chi connectivity index (χ3n) is 6.90. The van der Waals surface area contributed by atoms with Crippen LogP contribution in [0.1, 0.15) is 20.3 Å². The predicted molar refractivity (Wildman–Crippen MR) is 111 cm³/mol. The zero-order valence-electron chi connectivity index (χ0n) is 17.7. The normalized spacial score (nSPS) is 34.9. The highest BCUT2D eigenvalue weighted by Crippen LogP contribution is 2.51. The lowest BCUT2D eigenvalue weighted by Gasteiger charge is -2.46. The van der Waals surface area contributed by atoms with E-state index < -0.39 is 18.0 Å². The lowest BCUT2D eigenvalue weighted by atomic mass is 9.79. The second-order valence-electron chi connectivity index (χ2n) is 9.07. The molecule has 2 amide bonds. The van der Waals surface area contributed by atoms with Crippen LogP contribution < -0.4 is 5.32 Å². The molecule has 0 bridgehead atoms. The largest absolute Gasteiger partial charge is 0.477 e. The van der Waals surface area contributed by atoms with Gasteiger partial charge in [-0.25, -0.2) is 4.79 Å². The molecule has 30 heavy (non-hydrogen) atoms. The lowest BCUT2D eigenvalue weighted by molar-refractivity contribution is -0.163. The van der Waals surface area contributed by atoms with Crippen molar-refractivity contribution in [1.82, 2.24) is 20.0 Å². The van der Waals surface area contributed by atoms with Crippen LogP contribution in [-0.2, 0) is 14.4 Å². The molecule has 0 radical (unpaired) electrons. The number of aliphatic hydroxyl groups excluding tert-OH is 1. The molecular formula is C20H30N4O5S. The van der Waals surface area contributed by atoms with Gasteiger partial charge in [-0.15, -0.1) is 11.8 Å². The average molecular weight is 439 g/mol. The number of aliphatic carboxylic acids is 1. The second kappa shape index (κ2) is 7.81. The minimum absolute atomic E-state index is 0.0470. The number of hydrogen-bond acceptors (Lipinski definition) is 7. The van der Waals surface area contributed by atoms with Crippen LogP contribution in [0.3, 0.4) is 0 Å². The van der Waals surface area contributed by atoms with Gasteiger partial charge in [-0.3, -0.25) is 9.59 Å². The molecule has 4 aliphatic rings. The van der Waals surface area contributed by atoms with E-state index in [1.165, 1.54) is 16.7 Å². The standard InChI is InChI=1S/C20H30N4O5S/c1-9-15-14(10(2)25)19(27)24(15)16(20(28)29)17(9)30-12-5-13(21-6-12)18(26)23-7-11(8-23)22(3)4/h9-15,21,25H,5-8H2,1-4H3,(H,28,29)/t9-,10-,12+,13+,14-,15-/m1/s1. The van der Waals surface area contributed by atoms with Crippen LogP contribution in [0.2, 0.25) is 0 Å². The van der Waals surface area contributed by atoms with Crippen molar-refractivity contribution >= 4 is 29.5 Å². The molecule has 3 N–H and O–H groups in total. The maximum Gasteiger partial charge on any atom is 0.353 e. The summed E-state index contributed by atoms with van der Waals surface area (Å²) in [5.74, 6) is -2.03. The van der Waals surface area contributed by atoms with Gasteiger partial charge in [0.25, 0.3) is 0 Å². The number of nitrogens with zero attached hydrogens (tertiary/aromatic N) is 3. The maximum absolute atomic E-state index is 12.7. The van der Waals surface area contributed by atoms with Gasteiger partial charge in [0.05, 0.1) is 24.1 Å². The Morgan fingerprint density at radius 3 is 2.53 bits per heavy atom. The summed E-state index contributed by atoms with van der Waals surface area (Å²) in [5, 5.41) is 23.1. The summed E-state index contributed by atoms with van der Waals surface area (Å²) in [7, 11) is 4.03. The number of thioether (sulfide) groups is 1. The third-order valence-corrected chi connectivity index (χ3v) is 8.41.